The zero-order valence-corrected chi connectivity index (χ0v) is 18.2. The summed E-state index contributed by atoms with van der Waals surface area (Å²) in [6.07, 6.45) is 1.40. The molecule has 0 aliphatic heterocycles. The largest absolute Gasteiger partial charge is 0.489 e. The molecule has 0 aromatic heterocycles. The minimum atomic E-state index is -0.949. The quantitative estimate of drug-likeness (QED) is 0.287. The molecular weight excluding hydrogens is 461 g/mol. The molecule has 0 saturated carbocycles. The standard InChI is InChI=1S/C22H16Cl3N3O3/c23-16-8-4-15(5-9-16)13-31-17-10-6-14(7-11-17)12-26-28-22(30)21(29)27-19-3-1-2-18(24)20(19)25/h1-12H,13H2,(H,27,29)(H,28,30)/b26-12+. The van der Waals surface area contributed by atoms with Crippen molar-refractivity contribution in [1.29, 1.82) is 0 Å². The molecule has 0 heterocycles. The molecule has 31 heavy (non-hydrogen) atoms. The highest BCUT2D eigenvalue weighted by atomic mass is 35.5. The molecule has 0 atom stereocenters. The number of nitrogens with one attached hydrogen (secondary N) is 2. The SMILES string of the molecule is O=C(N/N=C/c1ccc(OCc2ccc(Cl)cc2)cc1)C(=O)Nc1cccc(Cl)c1Cl. The number of benzene rings is 3. The molecule has 0 spiro atoms. The molecule has 6 nitrogen and oxygen atoms in total. The van der Waals surface area contributed by atoms with E-state index < -0.39 is 11.8 Å². The summed E-state index contributed by atoms with van der Waals surface area (Å²) < 4.78 is 5.71. The highest BCUT2D eigenvalue weighted by molar-refractivity contribution is 6.45. The lowest BCUT2D eigenvalue weighted by Gasteiger charge is -2.07. The van der Waals surface area contributed by atoms with Crippen LogP contribution in [0.3, 0.4) is 0 Å². The highest BCUT2D eigenvalue weighted by Gasteiger charge is 2.15. The Hall–Kier alpha value is -3.06. The lowest BCUT2D eigenvalue weighted by Crippen LogP contribution is -2.32. The van der Waals surface area contributed by atoms with E-state index in [4.69, 9.17) is 39.5 Å². The van der Waals surface area contributed by atoms with Gasteiger partial charge in [0.15, 0.2) is 0 Å². The minimum absolute atomic E-state index is 0.146. The molecule has 3 aromatic carbocycles. The lowest BCUT2D eigenvalue weighted by atomic mass is 10.2. The van der Waals surface area contributed by atoms with E-state index in [1.165, 1.54) is 12.3 Å². The maximum atomic E-state index is 11.9. The van der Waals surface area contributed by atoms with Crippen LogP contribution in [0.5, 0.6) is 5.75 Å². The topological polar surface area (TPSA) is 79.8 Å². The van der Waals surface area contributed by atoms with Gasteiger partial charge in [-0.25, -0.2) is 5.43 Å². The maximum Gasteiger partial charge on any atom is 0.329 e. The first-order valence-corrected chi connectivity index (χ1v) is 10.1. The first-order valence-electron chi connectivity index (χ1n) is 8.98. The second-order valence-electron chi connectivity index (χ2n) is 6.24. The molecule has 3 rings (SSSR count). The number of anilines is 1. The summed E-state index contributed by atoms with van der Waals surface area (Å²) in [7, 11) is 0. The third-order valence-corrected chi connectivity index (χ3v) is 5.06. The first kappa shape index (κ1) is 22.6. The number of rotatable bonds is 6. The van der Waals surface area contributed by atoms with Crippen molar-refractivity contribution >= 4 is 58.5 Å². The fraction of sp³-hybridized carbons (Fsp3) is 0.0455. The Kier molecular flexibility index (Phi) is 7.89. The van der Waals surface area contributed by atoms with Crippen LogP contribution in [0.1, 0.15) is 11.1 Å². The zero-order chi connectivity index (χ0) is 22.2. The average molecular weight is 477 g/mol. The Morgan fingerprint density at radius 2 is 1.61 bits per heavy atom. The number of hydrazone groups is 1. The van der Waals surface area contributed by atoms with E-state index >= 15 is 0 Å². The van der Waals surface area contributed by atoms with Crippen molar-refractivity contribution in [3.05, 3.63) is 92.9 Å². The third kappa shape index (κ3) is 6.72. The van der Waals surface area contributed by atoms with Gasteiger partial charge in [-0.2, -0.15) is 5.10 Å². The molecule has 0 unspecified atom stereocenters. The molecule has 0 radical (unpaired) electrons. The molecule has 3 aromatic rings. The van der Waals surface area contributed by atoms with Crippen LogP contribution in [-0.4, -0.2) is 18.0 Å². The minimum Gasteiger partial charge on any atom is -0.489 e. The van der Waals surface area contributed by atoms with Gasteiger partial charge in [0, 0.05) is 5.02 Å². The van der Waals surface area contributed by atoms with Crippen molar-refractivity contribution in [3.63, 3.8) is 0 Å². The number of halogens is 3. The maximum absolute atomic E-state index is 11.9. The third-order valence-electron chi connectivity index (χ3n) is 3.98. The summed E-state index contributed by atoms with van der Waals surface area (Å²) in [6, 6.07) is 19.2. The monoisotopic (exact) mass is 475 g/mol. The summed E-state index contributed by atoms with van der Waals surface area (Å²) in [5.74, 6) is -1.20. The first-order chi connectivity index (χ1) is 14.9. The highest BCUT2D eigenvalue weighted by Crippen LogP contribution is 2.29. The predicted octanol–water partition coefficient (Wildman–Crippen LogP) is 5.31. The molecule has 9 heteroatoms. The van der Waals surface area contributed by atoms with Gasteiger partial charge < -0.3 is 10.1 Å². The molecule has 0 saturated heterocycles. The van der Waals surface area contributed by atoms with E-state index in [2.05, 4.69) is 15.8 Å². The Morgan fingerprint density at radius 3 is 2.32 bits per heavy atom. The number of ether oxygens (including phenoxy) is 1. The molecule has 158 valence electrons. The van der Waals surface area contributed by atoms with Crippen molar-refractivity contribution in [2.24, 2.45) is 5.10 Å². The predicted molar refractivity (Wildman–Crippen MR) is 123 cm³/mol. The van der Waals surface area contributed by atoms with Crippen LogP contribution in [0.2, 0.25) is 15.1 Å². The molecule has 2 N–H and O–H groups in total. The number of carbonyl (C=O) groups excluding carboxylic acids is 2. The Morgan fingerprint density at radius 1 is 0.903 bits per heavy atom. The molecule has 2 amide bonds. The van der Waals surface area contributed by atoms with Crippen LogP contribution >= 0.6 is 34.8 Å². The fourth-order valence-electron chi connectivity index (χ4n) is 2.39. The second kappa shape index (κ2) is 10.8. The fourth-order valence-corrected chi connectivity index (χ4v) is 2.87. The molecule has 0 aliphatic rings. The number of amides is 2. The summed E-state index contributed by atoms with van der Waals surface area (Å²) in [4.78, 5) is 23.8. The second-order valence-corrected chi connectivity index (χ2v) is 7.46. The van der Waals surface area contributed by atoms with Gasteiger partial charge in [0.25, 0.3) is 0 Å². The molecular formula is C22H16Cl3N3O3. The van der Waals surface area contributed by atoms with E-state index in [0.717, 1.165) is 5.56 Å². The van der Waals surface area contributed by atoms with Crippen LogP contribution in [0, 0.1) is 0 Å². The summed E-state index contributed by atoms with van der Waals surface area (Å²) in [5.41, 5.74) is 4.08. The average Bonchev–Trinajstić information content (AvgIpc) is 2.77. The van der Waals surface area contributed by atoms with Crippen molar-refractivity contribution in [1.82, 2.24) is 5.43 Å². The summed E-state index contributed by atoms with van der Waals surface area (Å²) in [6.45, 7) is 0.409. The van der Waals surface area contributed by atoms with Gasteiger partial charge in [-0.1, -0.05) is 53.0 Å². The Bertz CT molecular complexity index is 1100. The Labute approximate surface area is 193 Å². The van der Waals surface area contributed by atoms with Crippen LogP contribution < -0.4 is 15.5 Å². The van der Waals surface area contributed by atoms with Gasteiger partial charge in [0.1, 0.15) is 12.4 Å². The lowest BCUT2D eigenvalue weighted by molar-refractivity contribution is -0.136. The van der Waals surface area contributed by atoms with Crippen LogP contribution in [0.25, 0.3) is 0 Å². The number of hydrogen-bond donors (Lipinski definition) is 2. The van der Waals surface area contributed by atoms with Crippen molar-refractivity contribution < 1.29 is 14.3 Å². The normalized spacial score (nSPS) is 10.7. The van der Waals surface area contributed by atoms with Crippen LogP contribution in [-0.2, 0) is 16.2 Å². The zero-order valence-electron chi connectivity index (χ0n) is 15.9. The van der Waals surface area contributed by atoms with Gasteiger partial charge in [-0.15, -0.1) is 0 Å². The summed E-state index contributed by atoms with van der Waals surface area (Å²) in [5, 5.41) is 7.23. The van der Waals surface area contributed by atoms with Crippen molar-refractivity contribution in [3.8, 4) is 5.75 Å². The van der Waals surface area contributed by atoms with Gasteiger partial charge in [0.05, 0.1) is 21.9 Å². The van der Waals surface area contributed by atoms with Crippen molar-refractivity contribution in [2.45, 2.75) is 6.61 Å². The van der Waals surface area contributed by atoms with Gasteiger partial charge in [0.2, 0.25) is 0 Å². The molecule has 0 aliphatic carbocycles. The van der Waals surface area contributed by atoms with Gasteiger partial charge in [-0.3, -0.25) is 9.59 Å². The van der Waals surface area contributed by atoms with Gasteiger partial charge >= 0.3 is 11.8 Å². The van der Waals surface area contributed by atoms with E-state index in [1.54, 1.807) is 48.5 Å². The number of hydrogen-bond acceptors (Lipinski definition) is 4. The molecule has 0 bridgehead atoms. The molecule has 0 fully saturated rings. The smallest absolute Gasteiger partial charge is 0.329 e. The van der Waals surface area contributed by atoms with Gasteiger partial charge in [-0.05, 0) is 59.7 Å². The summed E-state index contributed by atoms with van der Waals surface area (Å²) >= 11 is 17.7. The number of carbonyl (C=O) groups is 2. The van der Waals surface area contributed by atoms with E-state index in [9.17, 15) is 9.59 Å². The van der Waals surface area contributed by atoms with Crippen molar-refractivity contribution in [2.75, 3.05) is 5.32 Å². The van der Waals surface area contributed by atoms with E-state index in [0.29, 0.717) is 22.9 Å². The number of nitrogens with zero attached hydrogens (tertiary/aromatic N) is 1. The van der Waals surface area contributed by atoms with E-state index in [-0.39, 0.29) is 15.7 Å². The Balaban J connectivity index is 1.48. The van der Waals surface area contributed by atoms with E-state index in [1.807, 2.05) is 12.1 Å². The van der Waals surface area contributed by atoms with Crippen LogP contribution in [0.15, 0.2) is 71.8 Å². The van der Waals surface area contributed by atoms with Crippen LogP contribution in [0.4, 0.5) is 5.69 Å².